The molecule has 2 aromatic heterocycles. The molecular formula is C14H18N6O4. The molecule has 0 aromatic carbocycles. The van der Waals surface area contributed by atoms with Crippen LogP contribution in [0.1, 0.15) is 6.92 Å². The van der Waals surface area contributed by atoms with Gasteiger partial charge in [-0.2, -0.15) is 9.97 Å². The van der Waals surface area contributed by atoms with Gasteiger partial charge in [0.05, 0.1) is 26.9 Å². The summed E-state index contributed by atoms with van der Waals surface area (Å²) in [5, 5.41) is 7.81. The van der Waals surface area contributed by atoms with Gasteiger partial charge in [0.15, 0.2) is 0 Å². The summed E-state index contributed by atoms with van der Waals surface area (Å²) >= 11 is 0. The monoisotopic (exact) mass is 334 g/mol. The van der Waals surface area contributed by atoms with Crippen LogP contribution >= 0.6 is 0 Å². The number of methoxy groups -OCH3 is 1. The summed E-state index contributed by atoms with van der Waals surface area (Å²) in [5.74, 6) is 1.14. The van der Waals surface area contributed by atoms with E-state index < -0.39 is 0 Å². The fourth-order valence-electron chi connectivity index (χ4n) is 2.05. The summed E-state index contributed by atoms with van der Waals surface area (Å²) in [5.41, 5.74) is 0. The standard InChI is InChI=1S/C14H18N6O4/c1-3-23-10-4-5-11(19-18-10)24-14-16-12(15-13(17-14)21-2)20-6-8-22-9-7-20/h4-5H,3,6-9H2,1-2H3. The van der Waals surface area contributed by atoms with Crippen molar-refractivity contribution in [1.82, 2.24) is 25.1 Å². The molecule has 10 nitrogen and oxygen atoms in total. The van der Waals surface area contributed by atoms with Crippen LogP contribution in [-0.2, 0) is 4.74 Å². The number of anilines is 1. The fourth-order valence-corrected chi connectivity index (χ4v) is 2.05. The molecule has 1 saturated heterocycles. The van der Waals surface area contributed by atoms with E-state index in [1.54, 1.807) is 12.1 Å². The predicted octanol–water partition coefficient (Wildman–Crippen LogP) is 0.698. The third-order valence-corrected chi connectivity index (χ3v) is 3.16. The quantitative estimate of drug-likeness (QED) is 0.749. The minimum Gasteiger partial charge on any atom is -0.477 e. The number of nitrogens with zero attached hydrogens (tertiary/aromatic N) is 6. The first-order chi connectivity index (χ1) is 11.8. The van der Waals surface area contributed by atoms with Crippen molar-refractivity contribution >= 4 is 5.95 Å². The Morgan fingerprint density at radius 3 is 2.42 bits per heavy atom. The Labute approximate surface area is 138 Å². The van der Waals surface area contributed by atoms with Crippen molar-refractivity contribution < 1.29 is 18.9 Å². The zero-order chi connectivity index (χ0) is 16.8. The SMILES string of the molecule is CCOc1ccc(Oc2nc(OC)nc(N3CCOCC3)n2)nn1. The molecule has 3 rings (SSSR count). The van der Waals surface area contributed by atoms with Gasteiger partial charge in [-0.15, -0.1) is 15.2 Å². The molecule has 24 heavy (non-hydrogen) atoms. The Hall–Kier alpha value is -2.75. The normalized spacial score (nSPS) is 14.3. The molecule has 1 fully saturated rings. The van der Waals surface area contributed by atoms with Crippen molar-refractivity contribution in [1.29, 1.82) is 0 Å². The van der Waals surface area contributed by atoms with Gasteiger partial charge in [0.2, 0.25) is 17.7 Å². The van der Waals surface area contributed by atoms with Crippen molar-refractivity contribution in [3.8, 4) is 23.8 Å². The van der Waals surface area contributed by atoms with Crippen LogP contribution in [0.2, 0.25) is 0 Å². The molecule has 3 heterocycles. The molecule has 0 saturated carbocycles. The maximum absolute atomic E-state index is 5.56. The lowest BCUT2D eigenvalue weighted by Crippen LogP contribution is -2.37. The van der Waals surface area contributed by atoms with Crippen molar-refractivity contribution in [2.24, 2.45) is 0 Å². The van der Waals surface area contributed by atoms with Gasteiger partial charge >= 0.3 is 12.0 Å². The Kier molecular flexibility index (Phi) is 5.16. The molecule has 0 bridgehead atoms. The van der Waals surface area contributed by atoms with Crippen LogP contribution in [-0.4, -0.2) is 65.2 Å². The van der Waals surface area contributed by atoms with Gasteiger partial charge < -0.3 is 23.8 Å². The fraction of sp³-hybridized carbons (Fsp3) is 0.500. The molecule has 0 N–H and O–H groups in total. The van der Waals surface area contributed by atoms with Crippen LogP contribution in [0.15, 0.2) is 12.1 Å². The molecule has 0 spiro atoms. The second kappa shape index (κ2) is 7.68. The lowest BCUT2D eigenvalue weighted by atomic mass is 10.4. The van der Waals surface area contributed by atoms with Gasteiger partial charge in [0, 0.05) is 25.2 Å². The molecule has 1 aliphatic rings. The highest BCUT2D eigenvalue weighted by atomic mass is 16.5. The van der Waals surface area contributed by atoms with Crippen LogP contribution in [0.3, 0.4) is 0 Å². The van der Waals surface area contributed by atoms with Crippen LogP contribution in [0.25, 0.3) is 0 Å². The smallest absolute Gasteiger partial charge is 0.331 e. The Balaban J connectivity index is 1.78. The maximum atomic E-state index is 5.56. The molecule has 2 aromatic rings. The molecule has 0 atom stereocenters. The number of morpholine rings is 1. The van der Waals surface area contributed by atoms with E-state index in [0.29, 0.717) is 44.7 Å². The highest BCUT2D eigenvalue weighted by Gasteiger charge is 2.18. The van der Waals surface area contributed by atoms with Gasteiger partial charge in [-0.25, -0.2) is 0 Å². The maximum Gasteiger partial charge on any atom is 0.331 e. The van der Waals surface area contributed by atoms with E-state index in [-0.39, 0.29) is 17.9 Å². The van der Waals surface area contributed by atoms with Crippen LogP contribution in [0, 0.1) is 0 Å². The van der Waals surface area contributed by atoms with Crippen molar-refractivity contribution in [3.05, 3.63) is 12.1 Å². The summed E-state index contributed by atoms with van der Waals surface area (Å²) in [6.45, 7) is 5.01. The van der Waals surface area contributed by atoms with E-state index in [1.165, 1.54) is 7.11 Å². The Bertz CT molecular complexity index is 663. The first-order valence-electron chi connectivity index (χ1n) is 7.55. The minimum absolute atomic E-state index is 0.0850. The second-order valence-electron chi connectivity index (χ2n) is 4.75. The van der Waals surface area contributed by atoms with Crippen molar-refractivity contribution in [2.45, 2.75) is 6.92 Å². The molecule has 128 valence electrons. The summed E-state index contributed by atoms with van der Waals surface area (Å²) in [7, 11) is 1.49. The molecule has 0 radical (unpaired) electrons. The van der Waals surface area contributed by atoms with E-state index in [9.17, 15) is 0 Å². The third-order valence-electron chi connectivity index (χ3n) is 3.16. The molecule has 0 amide bonds. The highest BCUT2D eigenvalue weighted by Crippen LogP contribution is 2.21. The lowest BCUT2D eigenvalue weighted by Gasteiger charge is -2.26. The van der Waals surface area contributed by atoms with Crippen molar-refractivity contribution in [3.63, 3.8) is 0 Å². The average Bonchev–Trinajstić information content (AvgIpc) is 2.64. The van der Waals surface area contributed by atoms with Gasteiger partial charge in [0.1, 0.15) is 0 Å². The zero-order valence-electron chi connectivity index (χ0n) is 13.5. The number of aromatic nitrogens is 5. The highest BCUT2D eigenvalue weighted by molar-refractivity contribution is 5.33. The van der Waals surface area contributed by atoms with Gasteiger partial charge in [-0.3, -0.25) is 0 Å². The van der Waals surface area contributed by atoms with E-state index in [2.05, 4.69) is 25.1 Å². The molecular weight excluding hydrogens is 316 g/mol. The lowest BCUT2D eigenvalue weighted by molar-refractivity contribution is 0.122. The first-order valence-corrected chi connectivity index (χ1v) is 7.55. The topological polar surface area (TPSA) is 105 Å². The number of hydrogen-bond acceptors (Lipinski definition) is 10. The summed E-state index contributed by atoms with van der Waals surface area (Å²) in [6.07, 6.45) is 0. The first kappa shape index (κ1) is 16.1. The van der Waals surface area contributed by atoms with Gasteiger partial charge in [0.25, 0.3) is 0 Å². The van der Waals surface area contributed by atoms with Gasteiger partial charge in [-0.1, -0.05) is 0 Å². The minimum atomic E-state index is 0.0850. The molecule has 1 aliphatic heterocycles. The van der Waals surface area contributed by atoms with Gasteiger partial charge in [-0.05, 0) is 6.92 Å². The zero-order valence-corrected chi connectivity index (χ0v) is 13.5. The number of rotatable bonds is 6. The van der Waals surface area contributed by atoms with E-state index >= 15 is 0 Å². The van der Waals surface area contributed by atoms with E-state index in [4.69, 9.17) is 18.9 Å². The predicted molar refractivity (Wildman–Crippen MR) is 82.7 cm³/mol. The molecule has 0 aliphatic carbocycles. The number of hydrogen-bond donors (Lipinski definition) is 0. The Morgan fingerprint density at radius 2 is 1.75 bits per heavy atom. The van der Waals surface area contributed by atoms with Crippen LogP contribution in [0.4, 0.5) is 5.95 Å². The van der Waals surface area contributed by atoms with E-state index in [0.717, 1.165) is 0 Å². The average molecular weight is 334 g/mol. The van der Waals surface area contributed by atoms with Crippen LogP contribution in [0.5, 0.6) is 23.8 Å². The van der Waals surface area contributed by atoms with Crippen molar-refractivity contribution in [2.75, 3.05) is 44.9 Å². The summed E-state index contributed by atoms with van der Waals surface area (Å²) in [6, 6.07) is 3.54. The summed E-state index contributed by atoms with van der Waals surface area (Å²) in [4.78, 5) is 14.6. The largest absolute Gasteiger partial charge is 0.477 e. The summed E-state index contributed by atoms with van der Waals surface area (Å²) < 4.78 is 21.2. The number of ether oxygens (including phenoxy) is 4. The Morgan fingerprint density at radius 1 is 1.04 bits per heavy atom. The molecule has 0 unspecified atom stereocenters. The molecule has 10 heteroatoms. The van der Waals surface area contributed by atoms with E-state index in [1.807, 2.05) is 11.8 Å². The van der Waals surface area contributed by atoms with Crippen LogP contribution < -0.4 is 19.1 Å². The second-order valence-corrected chi connectivity index (χ2v) is 4.75. The third kappa shape index (κ3) is 3.96.